The van der Waals surface area contributed by atoms with Gasteiger partial charge in [0.1, 0.15) is 17.3 Å². The normalized spacial score (nSPS) is 24.5. The Morgan fingerprint density at radius 3 is 2.70 bits per heavy atom. The minimum atomic E-state index is -4.46. The van der Waals surface area contributed by atoms with Crippen LogP contribution in [0.5, 0.6) is 5.75 Å². The maximum Gasteiger partial charge on any atom is 0.416 e. The Kier molecular flexibility index (Phi) is 5.34. The van der Waals surface area contributed by atoms with E-state index in [0.29, 0.717) is 12.2 Å². The maximum absolute atomic E-state index is 13.5. The minimum Gasteiger partial charge on any atom is -0.492 e. The van der Waals surface area contributed by atoms with Crippen molar-refractivity contribution < 1.29 is 26.3 Å². The molecule has 30 heavy (non-hydrogen) atoms. The number of alkyl halides is 3. The summed E-state index contributed by atoms with van der Waals surface area (Å²) in [4.78, 5) is 0.181. The van der Waals surface area contributed by atoms with Gasteiger partial charge < -0.3 is 4.74 Å². The maximum atomic E-state index is 13.5. The topological polar surface area (TPSA) is 64.4 Å². The summed E-state index contributed by atoms with van der Waals surface area (Å²) >= 11 is 0. The van der Waals surface area contributed by atoms with E-state index in [1.165, 1.54) is 22.6 Å². The number of aromatic nitrogens is 2. The summed E-state index contributed by atoms with van der Waals surface area (Å²) in [5.74, 6) is 0.219. The molecule has 2 aliphatic rings. The van der Waals surface area contributed by atoms with E-state index < -0.39 is 27.8 Å². The molecule has 1 saturated carbocycles. The van der Waals surface area contributed by atoms with Crippen LogP contribution in [-0.2, 0) is 22.7 Å². The lowest BCUT2D eigenvalue weighted by atomic mass is 10.0. The number of nitrogens with zero attached hydrogens (tertiary/aromatic N) is 3. The number of sulfonamides is 1. The third-order valence-corrected chi connectivity index (χ3v) is 8.25. The number of benzene rings is 1. The zero-order chi connectivity index (χ0) is 21.7. The van der Waals surface area contributed by atoms with Crippen molar-refractivity contribution in [3.63, 3.8) is 0 Å². The van der Waals surface area contributed by atoms with Crippen LogP contribution in [0.2, 0.25) is 0 Å². The number of rotatable bonds is 6. The number of aryl methyl sites for hydroxylation is 1. The molecule has 0 spiro atoms. The number of hydrogen-bond acceptors (Lipinski definition) is 4. The van der Waals surface area contributed by atoms with E-state index in [4.69, 9.17) is 4.74 Å². The first-order chi connectivity index (χ1) is 14.1. The standard InChI is InChI=1S/C20H24F3N3O3S/c1-3-25-13(2)19(11-24-25)30(27,28)26-16-8-7-14(9-16)18(26)12-29-17-6-4-5-15(10-17)20(21,22)23/h4-6,10-11,14,16,18H,3,7-9,12H2,1-2H3/t14-,16+,18+/m0/s1. The number of fused-ring (bicyclic) bond motifs is 2. The highest BCUT2D eigenvalue weighted by molar-refractivity contribution is 7.89. The molecule has 10 heteroatoms. The largest absolute Gasteiger partial charge is 0.492 e. The molecule has 1 aromatic heterocycles. The Morgan fingerprint density at radius 2 is 2.03 bits per heavy atom. The molecule has 1 saturated heterocycles. The van der Waals surface area contributed by atoms with Crippen LogP contribution in [0.1, 0.15) is 37.4 Å². The highest BCUT2D eigenvalue weighted by Gasteiger charge is 2.52. The predicted octanol–water partition coefficient (Wildman–Crippen LogP) is 3.85. The molecule has 3 atom stereocenters. The van der Waals surface area contributed by atoms with Gasteiger partial charge >= 0.3 is 6.18 Å². The first kappa shape index (κ1) is 21.2. The molecule has 0 radical (unpaired) electrons. The SMILES string of the molecule is CCn1ncc(S(=O)(=O)N2[C@@H]3CC[C@@H](C3)[C@H]2COc2cccc(C(F)(F)F)c2)c1C. The fourth-order valence-electron chi connectivity index (χ4n) is 4.69. The van der Waals surface area contributed by atoms with Gasteiger partial charge in [0.05, 0.1) is 23.5 Å². The Labute approximate surface area is 173 Å². The average molecular weight is 443 g/mol. The third-order valence-electron chi connectivity index (χ3n) is 6.17. The van der Waals surface area contributed by atoms with Crippen molar-refractivity contribution in [2.75, 3.05) is 6.61 Å². The van der Waals surface area contributed by atoms with E-state index in [1.807, 2.05) is 6.92 Å². The molecule has 2 bridgehead atoms. The Bertz CT molecular complexity index is 1040. The molecule has 164 valence electrons. The average Bonchev–Trinajstić information content (AvgIpc) is 3.40. The van der Waals surface area contributed by atoms with Crippen LogP contribution >= 0.6 is 0 Å². The second-order valence-corrected chi connectivity index (χ2v) is 9.69. The summed E-state index contributed by atoms with van der Waals surface area (Å²) in [6.45, 7) is 4.20. The highest BCUT2D eigenvalue weighted by atomic mass is 32.2. The van der Waals surface area contributed by atoms with Crippen LogP contribution in [0.15, 0.2) is 35.4 Å². The summed E-state index contributed by atoms with van der Waals surface area (Å²) in [7, 11) is -3.78. The molecule has 0 N–H and O–H groups in total. The molecule has 1 aliphatic carbocycles. The van der Waals surface area contributed by atoms with Gasteiger partial charge in [0.15, 0.2) is 0 Å². The predicted molar refractivity (Wildman–Crippen MR) is 104 cm³/mol. The van der Waals surface area contributed by atoms with Gasteiger partial charge in [-0.3, -0.25) is 4.68 Å². The van der Waals surface area contributed by atoms with E-state index in [1.54, 1.807) is 11.6 Å². The van der Waals surface area contributed by atoms with Gasteiger partial charge in [0.2, 0.25) is 10.0 Å². The molecule has 2 fully saturated rings. The molecule has 4 rings (SSSR count). The first-order valence-electron chi connectivity index (χ1n) is 9.99. The van der Waals surface area contributed by atoms with Gasteiger partial charge in [-0.25, -0.2) is 8.42 Å². The number of ether oxygens (including phenoxy) is 1. The summed E-state index contributed by atoms with van der Waals surface area (Å²) in [6.07, 6.45) is -0.661. The van der Waals surface area contributed by atoms with Crippen molar-refractivity contribution in [1.82, 2.24) is 14.1 Å². The van der Waals surface area contributed by atoms with Gasteiger partial charge in [-0.15, -0.1) is 0 Å². The molecule has 0 amide bonds. The van der Waals surface area contributed by atoms with Crippen molar-refractivity contribution >= 4 is 10.0 Å². The van der Waals surface area contributed by atoms with E-state index in [-0.39, 0.29) is 29.2 Å². The van der Waals surface area contributed by atoms with Gasteiger partial charge in [-0.05, 0) is 57.2 Å². The molecular formula is C20H24F3N3O3S. The lowest BCUT2D eigenvalue weighted by molar-refractivity contribution is -0.137. The van der Waals surface area contributed by atoms with Crippen LogP contribution in [0.4, 0.5) is 13.2 Å². The molecule has 2 aromatic rings. The number of piperidine rings is 1. The lowest BCUT2D eigenvalue weighted by Gasteiger charge is -2.34. The lowest BCUT2D eigenvalue weighted by Crippen LogP contribution is -2.47. The van der Waals surface area contributed by atoms with Crippen LogP contribution < -0.4 is 4.74 Å². The van der Waals surface area contributed by atoms with Crippen molar-refractivity contribution in [2.24, 2.45) is 5.92 Å². The van der Waals surface area contributed by atoms with Gasteiger partial charge in [0, 0.05) is 12.6 Å². The minimum absolute atomic E-state index is 0.0165. The Balaban J connectivity index is 1.58. The quantitative estimate of drug-likeness (QED) is 0.680. The van der Waals surface area contributed by atoms with E-state index in [9.17, 15) is 21.6 Å². The molecule has 1 aromatic carbocycles. The molecule has 0 unspecified atom stereocenters. The molecule has 6 nitrogen and oxygen atoms in total. The van der Waals surface area contributed by atoms with Crippen LogP contribution in [0.25, 0.3) is 0 Å². The van der Waals surface area contributed by atoms with Gasteiger partial charge in [-0.1, -0.05) is 6.07 Å². The fraction of sp³-hybridized carbons (Fsp3) is 0.550. The summed E-state index contributed by atoms with van der Waals surface area (Å²) in [5.41, 5.74) is -0.210. The summed E-state index contributed by atoms with van der Waals surface area (Å²) < 4.78 is 74.6. The fourth-order valence-corrected chi connectivity index (χ4v) is 6.75. The van der Waals surface area contributed by atoms with Crippen LogP contribution in [-0.4, -0.2) is 41.2 Å². The highest BCUT2D eigenvalue weighted by Crippen LogP contribution is 2.45. The zero-order valence-electron chi connectivity index (χ0n) is 16.8. The second kappa shape index (κ2) is 7.56. The zero-order valence-corrected chi connectivity index (χ0v) is 17.6. The van der Waals surface area contributed by atoms with E-state index in [0.717, 1.165) is 31.4 Å². The van der Waals surface area contributed by atoms with Crippen molar-refractivity contribution in [3.05, 3.63) is 41.7 Å². The molecule has 1 aliphatic heterocycles. The second-order valence-electron chi connectivity index (χ2n) is 7.88. The number of hydrogen-bond donors (Lipinski definition) is 0. The van der Waals surface area contributed by atoms with Crippen LogP contribution in [0, 0.1) is 12.8 Å². The molecular weight excluding hydrogens is 419 g/mol. The third kappa shape index (κ3) is 3.60. The van der Waals surface area contributed by atoms with E-state index >= 15 is 0 Å². The van der Waals surface area contributed by atoms with Crippen molar-refractivity contribution in [3.8, 4) is 5.75 Å². The Hall–Kier alpha value is -2.07. The van der Waals surface area contributed by atoms with Crippen molar-refractivity contribution in [1.29, 1.82) is 0 Å². The van der Waals surface area contributed by atoms with Crippen LogP contribution in [0.3, 0.4) is 0 Å². The first-order valence-corrected chi connectivity index (χ1v) is 11.4. The monoisotopic (exact) mass is 443 g/mol. The van der Waals surface area contributed by atoms with E-state index in [2.05, 4.69) is 5.10 Å². The van der Waals surface area contributed by atoms with Crippen molar-refractivity contribution in [2.45, 2.75) is 62.8 Å². The van der Waals surface area contributed by atoms with Gasteiger partial charge in [-0.2, -0.15) is 22.6 Å². The number of halogens is 3. The smallest absolute Gasteiger partial charge is 0.416 e. The summed E-state index contributed by atoms with van der Waals surface area (Å²) in [6, 6.07) is 4.15. The Morgan fingerprint density at radius 1 is 1.27 bits per heavy atom. The summed E-state index contributed by atoms with van der Waals surface area (Å²) in [5, 5.41) is 4.16. The van der Waals surface area contributed by atoms with Gasteiger partial charge in [0.25, 0.3) is 0 Å². The molecule has 2 heterocycles.